The molecule has 0 aliphatic carbocycles. The number of amides is 1. The quantitative estimate of drug-likeness (QED) is 0.525. The van der Waals surface area contributed by atoms with E-state index in [9.17, 15) is 4.79 Å². The molecule has 0 aliphatic heterocycles. The van der Waals surface area contributed by atoms with E-state index in [1.165, 1.54) is 0 Å². The lowest BCUT2D eigenvalue weighted by molar-refractivity contribution is 0.102. The first kappa shape index (κ1) is 19.3. The highest BCUT2D eigenvalue weighted by molar-refractivity contribution is 6.04. The zero-order valence-corrected chi connectivity index (χ0v) is 16.5. The van der Waals surface area contributed by atoms with Gasteiger partial charge >= 0.3 is 0 Å². The van der Waals surface area contributed by atoms with Gasteiger partial charge in [-0.3, -0.25) is 4.79 Å². The third kappa shape index (κ3) is 4.03. The molecule has 0 spiro atoms. The van der Waals surface area contributed by atoms with Crippen molar-refractivity contribution in [3.05, 3.63) is 77.5 Å². The fourth-order valence-electron chi connectivity index (χ4n) is 3.09. The number of aromatic nitrogens is 4. The minimum absolute atomic E-state index is 0.287. The lowest BCUT2D eigenvalue weighted by Gasteiger charge is -2.09. The molecule has 0 atom stereocenters. The molecule has 4 rings (SSSR count). The van der Waals surface area contributed by atoms with Crippen LogP contribution in [-0.4, -0.2) is 25.5 Å². The summed E-state index contributed by atoms with van der Waals surface area (Å²) in [5.74, 6) is 1.21. The Kier molecular flexibility index (Phi) is 5.48. The summed E-state index contributed by atoms with van der Waals surface area (Å²) in [6, 6.07) is 20.0. The van der Waals surface area contributed by atoms with Gasteiger partial charge in [-0.1, -0.05) is 43.7 Å². The normalized spacial score (nSPS) is 10.7. The number of anilines is 1. The first-order valence-corrected chi connectivity index (χ1v) is 9.81. The van der Waals surface area contributed by atoms with E-state index in [-0.39, 0.29) is 5.91 Å². The molecule has 7 heteroatoms. The lowest BCUT2D eigenvalue weighted by Crippen LogP contribution is -2.16. The SMILES string of the molecule is CCCCc1cc(NC(=O)c2ccc(C#N)cc2)n2nc(-c3ccccc3)nc2n1. The van der Waals surface area contributed by atoms with Crippen LogP contribution in [-0.2, 0) is 6.42 Å². The van der Waals surface area contributed by atoms with Gasteiger partial charge in [-0.25, -0.2) is 4.98 Å². The van der Waals surface area contributed by atoms with Crippen molar-refractivity contribution in [1.29, 1.82) is 5.26 Å². The number of hydrogen-bond donors (Lipinski definition) is 1. The number of nitrogens with one attached hydrogen (secondary N) is 1. The summed E-state index contributed by atoms with van der Waals surface area (Å²) in [6.07, 6.45) is 2.83. The Morgan fingerprint density at radius 2 is 1.87 bits per heavy atom. The second-order valence-electron chi connectivity index (χ2n) is 6.89. The molecular weight excluding hydrogens is 376 g/mol. The standard InChI is InChI=1S/C23H20N6O/c1-2-3-9-19-14-20(26-22(30)18-12-10-16(15-24)11-13-18)29-23(25-19)27-21(28-29)17-7-5-4-6-8-17/h4-8,10-14H,2-3,9H2,1H3,(H,26,30). The van der Waals surface area contributed by atoms with Crippen molar-refractivity contribution in [2.24, 2.45) is 0 Å². The first-order valence-electron chi connectivity index (χ1n) is 9.81. The Balaban J connectivity index is 1.72. The van der Waals surface area contributed by atoms with Gasteiger partial charge in [-0.2, -0.15) is 14.8 Å². The molecule has 2 aromatic carbocycles. The minimum atomic E-state index is -0.287. The Labute approximate surface area is 174 Å². The van der Waals surface area contributed by atoms with Crippen LogP contribution >= 0.6 is 0 Å². The molecule has 0 saturated carbocycles. The van der Waals surface area contributed by atoms with Gasteiger partial charge in [-0.05, 0) is 37.1 Å². The van der Waals surface area contributed by atoms with Crippen LogP contribution in [0.3, 0.4) is 0 Å². The number of carbonyl (C=O) groups excluding carboxylic acids is 1. The van der Waals surface area contributed by atoms with E-state index in [1.54, 1.807) is 28.8 Å². The number of nitrogens with zero attached hydrogens (tertiary/aromatic N) is 5. The maximum absolute atomic E-state index is 12.8. The largest absolute Gasteiger partial charge is 0.306 e. The summed E-state index contributed by atoms with van der Waals surface area (Å²) in [7, 11) is 0. The van der Waals surface area contributed by atoms with Gasteiger partial charge in [0.25, 0.3) is 11.7 Å². The number of hydrogen-bond acceptors (Lipinski definition) is 5. The van der Waals surface area contributed by atoms with Crippen LogP contribution in [0.15, 0.2) is 60.7 Å². The van der Waals surface area contributed by atoms with Crippen LogP contribution in [0.25, 0.3) is 17.2 Å². The zero-order chi connectivity index (χ0) is 20.9. The topological polar surface area (TPSA) is 96.0 Å². The monoisotopic (exact) mass is 396 g/mol. The number of fused-ring (bicyclic) bond motifs is 1. The summed E-state index contributed by atoms with van der Waals surface area (Å²) in [4.78, 5) is 22.0. The van der Waals surface area contributed by atoms with Gasteiger partial charge in [0.15, 0.2) is 5.82 Å². The fraction of sp³-hybridized carbons (Fsp3) is 0.174. The van der Waals surface area contributed by atoms with Crippen molar-refractivity contribution in [2.75, 3.05) is 5.32 Å². The first-order chi connectivity index (χ1) is 14.7. The van der Waals surface area contributed by atoms with E-state index in [0.717, 1.165) is 30.5 Å². The number of nitriles is 1. The minimum Gasteiger partial charge on any atom is -0.306 e. The van der Waals surface area contributed by atoms with Crippen molar-refractivity contribution in [2.45, 2.75) is 26.2 Å². The lowest BCUT2D eigenvalue weighted by atomic mass is 10.1. The molecule has 0 unspecified atom stereocenters. The summed E-state index contributed by atoms with van der Waals surface area (Å²) in [5, 5.41) is 16.4. The predicted octanol–water partition coefficient (Wildman–Crippen LogP) is 4.26. The Bertz CT molecular complexity index is 1220. The molecule has 30 heavy (non-hydrogen) atoms. The van der Waals surface area contributed by atoms with Gasteiger partial charge < -0.3 is 5.32 Å². The Morgan fingerprint density at radius 3 is 2.57 bits per heavy atom. The van der Waals surface area contributed by atoms with E-state index in [1.807, 2.05) is 42.5 Å². The van der Waals surface area contributed by atoms with Crippen LogP contribution in [0.2, 0.25) is 0 Å². The molecule has 2 aromatic heterocycles. The van der Waals surface area contributed by atoms with Crippen molar-refractivity contribution in [3.63, 3.8) is 0 Å². The second-order valence-corrected chi connectivity index (χ2v) is 6.89. The van der Waals surface area contributed by atoms with Gasteiger partial charge in [-0.15, -0.1) is 5.10 Å². The third-order valence-electron chi connectivity index (χ3n) is 4.70. The van der Waals surface area contributed by atoms with E-state index in [2.05, 4.69) is 27.3 Å². The molecule has 0 aliphatic rings. The number of unbranched alkanes of at least 4 members (excludes halogenated alkanes) is 1. The Hall–Kier alpha value is -4.05. The predicted molar refractivity (Wildman–Crippen MR) is 114 cm³/mol. The average molecular weight is 396 g/mol. The Morgan fingerprint density at radius 1 is 1.10 bits per heavy atom. The van der Waals surface area contributed by atoms with Crippen molar-refractivity contribution in [3.8, 4) is 17.5 Å². The number of rotatable bonds is 6. The van der Waals surface area contributed by atoms with Crippen LogP contribution < -0.4 is 5.32 Å². The number of benzene rings is 2. The van der Waals surface area contributed by atoms with E-state index < -0.39 is 0 Å². The molecule has 0 fully saturated rings. The highest BCUT2D eigenvalue weighted by Gasteiger charge is 2.15. The maximum atomic E-state index is 12.8. The highest BCUT2D eigenvalue weighted by atomic mass is 16.1. The average Bonchev–Trinajstić information content (AvgIpc) is 3.23. The summed E-state index contributed by atoms with van der Waals surface area (Å²) in [6.45, 7) is 2.12. The smallest absolute Gasteiger partial charge is 0.256 e. The van der Waals surface area contributed by atoms with Gasteiger partial charge in [0.1, 0.15) is 5.82 Å². The molecule has 2 heterocycles. The fourth-order valence-corrected chi connectivity index (χ4v) is 3.09. The summed E-state index contributed by atoms with van der Waals surface area (Å²) in [5.41, 5.74) is 2.69. The van der Waals surface area contributed by atoms with Crippen LogP contribution in [0, 0.1) is 11.3 Å². The molecule has 0 saturated heterocycles. The second kappa shape index (κ2) is 8.53. The summed E-state index contributed by atoms with van der Waals surface area (Å²) < 4.78 is 1.55. The number of aryl methyl sites for hydroxylation is 1. The van der Waals surface area contributed by atoms with E-state index in [0.29, 0.717) is 28.5 Å². The van der Waals surface area contributed by atoms with Gasteiger partial charge in [0.2, 0.25) is 0 Å². The van der Waals surface area contributed by atoms with Crippen LogP contribution in [0.1, 0.15) is 41.4 Å². The molecule has 1 N–H and O–H groups in total. The van der Waals surface area contributed by atoms with Crippen LogP contribution in [0.4, 0.5) is 5.82 Å². The molecule has 1 amide bonds. The van der Waals surface area contributed by atoms with E-state index >= 15 is 0 Å². The van der Waals surface area contributed by atoms with Crippen molar-refractivity contribution in [1.82, 2.24) is 19.6 Å². The molecule has 148 valence electrons. The molecule has 7 nitrogen and oxygen atoms in total. The third-order valence-corrected chi connectivity index (χ3v) is 4.70. The molecule has 0 radical (unpaired) electrons. The van der Waals surface area contributed by atoms with E-state index in [4.69, 9.17) is 5.26 Å². The molecular formula is C23H20N6O. The molecule has 0 bridgehead atoms. The summed E-state index contributed by atoms with van der Waals surface area (Å²) >= 11 is 0. The van der Waals surface area contributed by atoms with Crippen molar-refractivity contribution >= 4 is 17.5 Å². The van der Waals surface area contributed by atoms with Gasteiger partial charge in [0, 0.05) is 22.9 Å². The number of carbonyl (C=O) groups is 1. The zero-order valence-electron chi connectivity index (χ0n) is 16.5. The molecule has 4 aromatic rings. The highest BCUT2D eigenvalue weighted by Crippen LogP contribution is 2.20. The van der Waals surface area contributed by atoms with Gasteiger partial charge in [0.05, 0.1) is 11.6 Å². The van der Waals surface area contributed by atoms with Crippen LogP contribution in [0.5, 0.6) is 0 Å². The van der Waals surface area contributed by atoms with Crippen molar-refractivity contribution < 1.29 is 4.79 Å². The maximum Gasteiger partial charge on any atom is 0.256 e.